The Balaban J connectivity index is 2.54. The fourth-order valence-electron chi connectivity index (χ4n) is 0.955. The molecule has 1 aromatic rings. The van der Waals surface area contributed by atoms with Crippen molar-refractivity contribution < 1.29 is 18.4 Å². The molecule has 6 heteroatoms. The van der Waals surface area contributed by atoms with Crippen LogP contribution in [0.4, 0.5) is 0 Å². The van der Waals surface area contributed by atoms with Crippen LogP contribution in [0.15, 0.2) is 24.4 Å². The average molecular weight is 241 g/mol. The number of pyridine rings is 1. The fraction of sp³-hybridized carbons (Fsp3) is 0.400. The third-order valence-corrected chi connectivity index (χ3v) is 4.60. The Bertz CT molecular complexity index is 340. The summed E-state index contributed by atoms with van der Waals surface area (Å²) in [5.74, 6) is -0.464. The Hall–Kier alpha value is -1.24. The van der Waals surface area contributed by atoms with Gasteiger partial charge in [-0.25, -0.2) is 9.78 Å². The topological polar surface area (TPSA) is 57.7 Å². The zero-order valence-electron chi connectivity index (χ0n) is 9.60. The number of aromatic nitrogens is 1. The van der Waals surface area contributed by atoms with Crippen LogP contribution in [0.2, 0.25) is 6.55 Å². The molecule has 0 saturated heterocycles. The SMILES string of the molecule is CO[Si](C)(COC(=O)c1ccccn1)OC. The smallest absolute Gasteiger partial charge is 0.373 e. The first kappa shape index (κ1) is 12.8. The van der Waals surface area contributed by atoms with Crippen LogP contribution < -0.4 is 0 Å². The number of nitrogens with zero attached hydrogens (tertiary/aromatic N) is 1. The van der Waals surface area contributed by atoms with Gasteiger partial charge in [0.25, 0.3) is 0 Å². The van der Waals surface area contributed by atoms with Gasteiger partial charge < -0.3 is 13.6 Å². The first-order valence-electron chi connectivity index (χ1n) is 4.80. The standard InChI is InChI=1S/C10H15NO4Si/c1-13-16(3,14-2)8-15-10(12)9-6-4-5-7-11-9/h4-7H,8H2,1-3H3. The van der Waals surface area contributed by atoms with E-state index < -0.39 is 14.5 Å². The second kappa shape index (κ2) is 5.74. The summed E-state index contributed by atoms with van der Waals surface area (Å²) in [6, 6.07) is 5.06. The molecule has 0 aliphatic rings. The first-order valence-corrected chi connectivity index (χ1v) is 7.32. The van der Waals surface area contributed by atoms with Gasteiger partial charge in [0.1, 0.15) is 11.9 Å². The van der Waals surface area contributed by atoms with Crippen LogP contribution in [0.1, 0.15) is 10.5 Å². The highest BCUT2D eigenvalue weighted by atomic mass is 28.4. The molecule has 0 amide bonds. The summed E-state index contributed by atoms with van der Waals surface area (Å²) in [6.07, 6.45) is 1.69. The maximum absolute atomic E-state index is 11.5. The van der Waals surface area contributed by atoms with Crippen LogP contribution in [0, 0.1) is 0 Å². The Morgan fingerprint density at radius 2 is 2.06 bits per heavy atom. The van der Waals surface area contributed by atoms with Crippen LogP contribution in [0.25, 0.3) is 0 Å². The van der Waals surface area contributed by atoms with Crippen LogP contribution >= 0.6 is 0 Å². The largest absolute Gasteiger partial charge is 0.459 e. The maximum atomic E-state index is 11.5. The Morgan fingerprint density at radius 1 is 1.38 bits per heavy atom. The molecule has 0 unspecified atom stereocenters. The molecule has 1 rings (SSSR count). The van der Waals surface area contributed by atoms with E-state index in [0.29, 0.717) is 0 Å². The molecule has 0 spiro atoms. The lowest BCUT2D eigenvalue weighted by Gasteiger charge is -2.21. The van der Waals surface area contributed by atoms with Gasteiger partial charge in [-0.1, -0.05) is 6.07 Å². The number of hydrogen-bond acceptors (Lipinski definition) is 5. The summed E-state index contributed by atoms with van der Waals surface area (Å²) < 4.78 is 15.5. The van der Waals surface area contributed by atoms with Gasteiger partial charge in [0, 0.05) is 20.4 Å². The zero-order chi connectivity index (χ0) is 12.0. The minimum absolute atomic E-state index is 0.148. The number of carbonyl (C=O) groups excluding carboxylic acids is 1. The molecule has 0 fully saturated rings. The van der Waals surface area contributed by atoms with E-state index in [-0.39, 0.29) is 11.9 Å². The van der Waals surface area contributed by atoms with Crippen molar-refractivity contribution in [3.63, 3.8) is 0 Å². The lowest BCUT2D eigenvalue weighted by atomic mass is 10.4. The molecule has 1 aromatic heterocycles. The van der Waals surface area contributed by atoms with Crippen molar-refractivity contribution in [2.75, 3.05) is 20.4 Å². The van der Waals surface area contributed by atoms with Crippen molar-refractivity contribution in [1.82, 2.24) is 4.98 Å². The lowest BCUT2D eigenvalue weighted by Crippen LogP contribution is -2.42. The summed E-state index contributed by atoms with van der Waals surface area (Å²) in [5.41, 5.74) is 0.283. The third-order valence-electron chi connectivity index (χ3n) is 2.20. The summed E-state index contributed by atoms with van der Waals surface area (Å²) in [4.78, 5) is 15.4. The quantitative estimate of drug-likeness (QED) is 0.571. The third kappa shape index (κ3) is 3.40. The van der Waals surface area contributed by atoms with E-state index >= 15 is 0 Å². The molecule has 88 valence electrons. The predicted molar refractivity (Wildman–Crippen MR) is 60.2 cm³/mol. The molecule has 0 radical (unpaired) electrons. The lowest BCUT2D eigenvalue weighted by molar-refractivity contribution is 0.0511. The van der Waals surface area contributed by atoms with Gasteiger partial charge in [0.05, 0.1) is 0 Å². The zero-order valence-corrected chi connectivity index (χ0v) is 10.6. The van der Waals surface area contributed by atoms with Gasteiger partial charge in [-0.05, 0) is 18.7 Å². The summed E-state index contributed by atoms with van der Waals surface area (Å²) in [6.45, 7) is 1.82. The van der Waals surface area contributed by atoms with Gasteiger partial charge in [0.15, 0.2) is 0 Å². The minimum Gasteiger partial charge on any atom is -0.459 e. The van der Waals surface area contributed by atoms with Gasteiger partial charge >= 0.3 is 14.5 Å². The molecule has 0 saturated carbocycles. The minimum atomic E-state index is -2.36. The van der Waals surface area contributed by atoms with Crippen molar-refractivity contribution in [2.24, 2.45) is 0 Å². The van der Waals surface area contributed by atoms with Crippen molar-refractivity contribution >= 4 is 14.5 Å². The molecule has 0 aromatic carbocycles. The molecule has 0 aliphatic carbocycles. The molecular weight excluding hydrogens is 226 g/mol. The van der Waals surface area contributed by atoms with Gasteiger partial charge in [-0.2, -0.15) is 0 Å². The highest BCUT2D eigenvalue weighted by Gasteiger charge is 2.31. The second-order valence-corrected chi connectivity index (χ2v) is 6.71. The normalized spacial score (nSPS) is 11.2. The molecular formula is C10H15NO4Si. The van der Waals surface area contributed by atoms with E-state index in [9.17, 15) is 4.79 Å². The van der Waals surface area contributed by atoms with Gasteiger partial charge in [-0.15, -0.1) is 0 Å². The summed E-state index contributed by atoms with van der Waals surface area (Å²) >= 11 is 0. The highest BCUT2D eigenvalue weighted by Crippen LogP contribution is 2.06. The number of carbonyl (C=O) groups is 1. The van der Waals surface area contributed by atoms with Crippen molar-refractivity contribution in [3.8, 4) is 0 Å². The molecule has 16 heavy (non-hydrogen) atoms. The van der Waals surface area contributed by atoms with E-state index in [1.54, 1.807) is 38.6 Å². The molecule has 5 nitrogen and oxygen atoms in total. The number of hydrogen-bond donors (Lipinski definition) is 0. The van der Waals surface area contributed by atoms with Crippen molar-refractivity contribution in [1.29, 1.82) is 0 Å². The first-order chi connectivity index (χ1) is 7.61. The second-order valence-electron chi connectivity index (χ2n) is 3.33. The Morgan fingerprint density at radius 3 is 2.56 bits per heavy atom. The monoisotopic (exact) mass is 241 g/mol. The molecule has 0 aliphatic heterocycles. The van der Waals surface area contributed by atoms with Crippen LogP contribution in [-0.2, 0) is 13.6 Å². The highest BCUT2D eigenvalue weighted by molar-refractivity contribution is 6.66. The summed E-state index contributed by atoms with van der Waals surface area (Å²) in [5, 5.41) is 0. The number of rotatable bonds is 5. The average Bonchev–Trinajstić information content (AvgIpc) is 2.36. The molecule has 0 N–H and O–H groups in total. The Kier molecular flexibility index (Phi) is 4.60. The molecule has 0 bridgehead atoms. The van der Waals surface area contributed by atoms with E-state index in [1.807, 2.05) is 6.55 Å². The van der Waals surface area contributed by atoms with E-state index in [1.165, 1.54) is 0 Å². The van der Waals surface area contributed by atoms with Gasteiger partial charge in [0.2, 0.25) is 0 Å². The summed E-state index contributed by atoms with van der Waals surface area (Å²) in [7, 11) is 0.728. The fourth-order valence-corrected chi connectivity index (χ4v) is 1.75. The van der Waals surface area contributed by atoms with Crippen molar-refractivity contribution in [2.45, 2.75) is 6.55 Å². The van der Waals surface area contributed by atoms with Crippen LogP contribution in [0.3, 0.4) is 0 Å². The predicted octanol–water partition coefficient (Wildman–Crippen LogP) is 1.14. The van der Waals surface area contributed by atoms with Crippen molar-refractivity contribution in [3.05, 3.63) is 30.1 Å². The van der Waals surface area contributed by atoms with E-state index in [2.05, 4.69) is 4.98 Å². The number of esters is 1. The molecule has 1 heterocycles. The van der Waals surface area contributed by atoms with Crippen LogP contribution in [0.5, 0.6) is 0 Å². The van der Waals surface area contributed by atoms with Gasteiger partial charge in [-0.3, -0.25) is 0 Å². The van der Waals surface area contributed by atoms with E-state index in [4.69, 9.17) is 13.6 Å². The van der Waals surface area contributed by atoms with Crippen LogP contribution in [-0.4, -0.2) is 40.0 Å². The number of ether oxygens (including phenoxy) is 1. The van der Waals surface area contributed by atoms with E-state index in [0.717, 1.165) is 0 Å². The molecule has 0 atom stereocenters. The maximum Gasteiger partial charge on any atom is 0.373 e. The Labute approximate surface area is 95.6 Å².